The first-order chi connectivity index (χ1) is 14.0. The van der Waals surface area contributed by atoms with Gasteiger partial charge in [-0.25, -0.2) is 4.79 Å². The highest BCUT2D eigenvalue weighted by Crippen LogP contribution is 2.22. The quantitative estimate of drug-likeness (QED) is 0.461. The third-order valence-electron chi connectivity index (χ3n) is 4.60. The van der Waals surface area contributed by atoms with Crippen molar-refractivity contribution in [3.8, 4) is 5.75 Å². The lowest BCUT2D eigenvalue weighted by Gasteiger charge is -2.21. The van der Waals surface area contributed by atoms with E-state index in [1.165, 1.54) is 11.0 Å². The van der Waals surface area contributed by atoms with Crippen LogP contribution in [-0.4, -0.2) is 32.1 Å². The molecule has 0 N–H and O–H groups in total. The number of benzene rings is 3. The summed E-state index contributed by atoms with van der Waals surface area (Å²) >= 11 is 0. The fourth-order valence-corrected chi connectivity index (χ4v) is 2.95. The van der Waals surface area contributed by atoms with Crippen molar-refractivity contribution in [3.05, 3.63) is 78.4 Å². The standard InChI is InChI=1S/C24H23NO4/c1-17(24(27)25(2)21-7-5-4-6-8-21)29-23(26)14-10-18-9-11-20-16-22(28-3)13-12-19(20)15-18/h4-17H,1-3H3/b14-10+/t17-/m0/s1. The van der Waals surface area contributed by atoms with Gasteiger partial charge < -0.3 is 14.4 Å². The molecule has 148 valence electrons. The van der Waals surface area contributed by atoms with Crippen LogP contribution in [-0.2, 0) is 14.3 Å². The van der Waals surface area contributed by atoms with E-state index in [-0.39, 0.29) is 5.91 Å². The fourth-order valence-electron chi connectivity index (χ4n) is 2.95. The van der Waals surface area contributed by atoms with E-state index in [2.05, 4.69) is 0 Å². The van der Waals surface area contributed by atoms with Crippen LogP contribution in [0.2, 0.25) is 0 Å². The zero-order valence-corrected chi connectivity index (χ0v) is 16.7. The van der Waals surface area contributed by atoms with Gasteiger partial charge in [-0.15, -0.1) is 0 Å². The number of esters is 1. The Morgan fingerprint density at radius 2 is 1.66 bits per heavy atom. The maximum atomic E-state index is 12.5. The van der Waals surface area contributed by atoms with Crippen molar-refractivity contribution in [2.45, 2.75) is 13.0 Å². The zero-order chi connectivity index (χ0) is 20.8. The largest absolute Gasteiger partial charge is 0.497 e. The number of anilines is 1. The van der Waals surface area contributed by atoms with Gasteiger partial charge in [0, 0.05) is 18.8 Å². The smallest absolute Gasteiger partial charge is 0.331 e. The van der Waals surface area contributed by atoms with Crippen LogP contribution in [0.25, 0.3) is 16.8 Å². The third-order valence-corrected chi connectivity index (χ3v) is 4.60. The Kier molecular flexibility index (Phi) is 6.29. The third kappa shape index (κ3) is 5.02. The van der Waals surface area contributed by atoms with Crippen LogP contribution in [0.1, 0.15) is 12.5 Å². The number of rotatable bonds is 6. The normalized spacial score (nSPS) is 12.0. The van der Waals surface area contributed by atoms with Crippen LogP contribution in [0.3, 0.4) is 0 Å². The average Bonchev–Trinajstić information content (AvgIpc) is 2.76. The molecule has 29 heavy (non-hydrogen) atoms. The number of likely N-dealkylation sites (N-methyl/N-ethyl adjacent to an activating group) is 1. The summed E-state index contributed by atoms with van der Waals surface area (Å²) < 4.78 is 10.5. The Labute approximate surface area is 170 Å². The lowest BCUT2D eigenvalue weighted by atomic mass is 10.1. The second kappa shape index (κ2) is 9.06. The Balaban J connectivity index is 1.63. The van der Waals surface area contributed by atoms with Crippen LogP contribution in [0.15, 0.2) is 72.8 Å². The molecule has 3 aromatic carbocycles. The molecule has 3 rings (SSSR count). The van der Waals surface area contributed by atoms with Crippen molar-refractivity contribution < 1.29 is 19.1 Å². The van der Waals surface area contributed by atoms with E-state index in [1.807, 2.05) is 66.7 Å². The molecule has 0 aromatic heterocycles. The Bertz CT molecular complexity index is 1040. The summed E-state index contributed by atoms with van der Waals surface area (Å²) in [4.78, 5) is 26.1. The molecule has 1 atom stereocenters. The van der Waals surface area contributed by atoms with Crippen LogP contribution in [0.5, 0.6) is 5.75 Å². The first-order valence-corrected chi connectivity index (χ1v) is 9.27. The van der Waals surface area contributed by atoms with Crippen LogP contribution < -0.4 is 9.64 Å². The van der Waals surface area contributed by atoms with Gasteiger partial charge in [-0.05, 0) is 59.7 Å². The minimum Gasteiger partial charge on any atom is -0.497 e. The van der Waals surface area contributed by atoms with E-state index >= 15 is 0 Å². The summed E-state index contributed by atoms with van der Waals surface area (Å²) in [5.74, 6) is -0.0664. The number of hydrogen-bond acceptors (Lipinski definition) is 4. The molecule has 0 aliphatic carbocycles. The number of amides is 1. The van der Waals surface area contributed by atoms with Gasteiger partial charge in [0.2, 0.25) is 0 Å². The van der Waals surface area contributed by atoms with Crippen LogP contribution >= 0.6 is 0 Å². The molecule has 0 bridgehead atoms. The molecule has 3 aromatic rings. The second-order valence-corrected chi connectivity index (χ2v) is 6.62. The van der Waals surface area contributed by atoms with E-state index in [0.717, 1.165) is 27.8 Å². The summed E-state index contributed by atoms with van der Waals surface area (Å²) in [6.07, 6.45) is 2.11. The van der Waals surface area contributed by atoms with Crippen molar-refractivity contribution >= 4 is 34.4 Å². The molecule has 0 fully saturated rings. The highest BCUT2D eigenvalue weighted by atomic mass is 16.5. The monoisotopic (exact) mass is 389 g/mol. The highest BCUT2D eigenvalue weighted by Gasteiger charge is 2.21. The summed E-state index contributed by atoms with van der Waals surface area (Å²) in [5, 5.41) is 2.08. The molecule has 0 unspecified atom stereocenters. The number of fused-ring (bicyclic) bond motifs is 1. The maximum Gasteiger partial charge on any atom is 0.331 e. The molecule has 5 nitrogen and oxygen atoms in total. The molecule has 0 radical (unpaired) electrons. The predicted molar refractivity (Wildman–Crippen MR) is 115 cm³/mol. The number of para-hydroxylation sites is 1. The Hall–Kier alpha value is -3.60. The summed E-state index contributed by atoms with van der Waals surface area (Å²) in [6, 6.07) is 20.8. The number of carbonyl (C=O) groups excluding carboxylic acids is 2. The van der Waals surface area contributed by atoms with Crippen molar-refractivity contribution in [2.75, 3.05) is 19.1 Å². The number of hydrogen-bond donors (Lipinski definition) is 0. The molecule has 0 saturated heterocycles. The van der Waals surface area contributed by atoms with Crippen molar-refractivity contribution in [1.29, 1.82) is 0 Å². The first kappa shape index (κ1) is 20.1. The van der Waals surface area contributed by atoms with E-state index in [4.69, 9.17) is 9.47 Å². The van der Waals surface area contributed by atoms with Crippen molar-refractivity contribution in [1.82, 2.24) is 0 Å². The summed E-state index contributed by atoms with van der Waals surface area (Å²) in [5.41, 5.74) is 1.60. The fraction of sp³-hybridized carbons (Fsp3) is 0.167. The molecule has 0 heterocycles. The number of nitrogens with zero attached hydrogens (tertiary/aromatic N) is 1. The molecular formula is C24H23NO4. The molecule has 0 aliphatic rings. The Morgan fingerprint density at radius 3 is 2.38 bits per heavy atom. The minimum atomic E-state index is -0.888. The van der Waals surface area contributed by atoms with Gasteiger partial charge in [-0.3, -0.25) is 4.79 Å². The van der Waals surface area contributed by atoms with Gasteiger partial charge in [0.1, 0.15) is 5.75 Å². The first-order valence-electron chi connectivity index (χ1n) is 9.27. The van der Waals surface area contributed by atoms with Gasteiger partial charge >= 0.3 is 5.97 Å². The number of carbonyl (C=O) groups is 2. The highest BCUT2D eigenvalue weighted by molar-refractivity contribution is 5.98. The van der Waals surface area contributed by atoms with Crippen molar-refractivity contribution in [2.24, 2.45) is 0 Å². The lowest BCUT2D eigenvalue weighted by Crippen LogP contribution is -2.37. The maximum absolute atomic E-state index is 12.5. The molecule has 0 saturated carbocycles. The average molecular weight is 389 g/mol. The molecular weight excluding hydrogens is 366 g/mol. The summed E-state index contributed by atoms with van der Waals surface area (Å²) in [6.45, 7) is 1.57. The zero-order valence-electron chi connectivity index (χ0n) is 16.7. The Morgan fingerprint density at radius 1 is 0.966 bits per heavy atom. The topological polar surface area (TPSA) is 55.8 Å². The minimum absolute atomic E-state index is 0.294. The van der Waals surface area contributed by atoms with Gasteiger partial charge in [-0.2, -0.15) is 0 Å². The lowest BCUT2D eigenvalue weighted by molar-refractivity contribution is -0.148. The van der Waals surface area contributed by atoms with E-state index < -0.39 is 12.1 Å². The SMILES string of the molecule is COc1ccc2cc(/C=C/C(=O)O[C@@H](C)C(=O)N(C)c3ccccc3)ccc2c1. The van der Waals surface area contributed by atoms with Gasteiger partial charge in [0.05, 0.1) is 7.11 Å². The number of methoxy groups -OCH3 is 1. The van der Waals surface area contributed by atoms with Gasteiger partial charge in [-0.1, -0.05) is 36.4 Å². The predicted octanol–water partition coefficient (Wildman–Crippen LogP) is 4.46. The van der Waals surface area contributed by atoms with Crippen LogP contribution in [0.4, 0.5) is 5.69 Å². The molecule has 1 amide bonds. The molecule has 5 heteroatoms. The van der Waals surface area contributed by atoms with Crippen molar-refractivity contribution in [3.63, 3.8) is 0 Å². The molecule has 0 aliphatic heterocycles. The van der Waals surface area contributed by atoms with Gasteiger partial charge in [0.15, 0.2) is 6.10 Å². The van der Waals surface area contributed by atoms with Crippen LogP contribution in [0, 0.1) is 0 Å². The molecule has 0 spiro atoms. The number of ether oxygens (including phenoxy) is 2. The van der Waals surface area contributed by atoms with Gasteiger partial charge in [0.25, 0.3) is 5.91 Å². The van der Waals surface area contributed by atoms with E-state index in [0.29, 0.717) is 0 Å². The second-order valence-electron chi connectivity index (χ2n) is 6.62. The van der Waals surface area contributed by atoms with E-state index in [9.17, 15) is 9.59 Å². The van der Waals surface area contributed by atoms with E-state index in [1.54, 1.807) is 27.2 Å². The summed E-state index contributed by atoms with van der Waals surface area (Å²) in [7, 11) is 3.29.